The normalized spacial score (nSPS) is 11.6. The molecule has 0 saturated heterocycles. The molecular formula is C31H25F3O4. The number of aliphatic hydroxyl groups excluding tert-OH is 1. The minimum atomic E-state index is -1.30. The van der Waals surface area contributed by atoms with E-state index < -0.39 is 35.3 Å². The Balaban J connectivity index is 1.47. The molecule has 4 aromatic rings. The second kappa shape index (κ2) is 11.8. The summed E-state index contributed by atoms with van der Waals surface area (Å²) in [7, 11) is 0. The minimum Gasteiger partial charge on any atom is -0.493 e. The fourth-order valence-corrected chi connectivity index (χ4v) is 3.80. The molecule has 1 atom stereocenters. The highest BCUT2D eigenvalue weighted by molar-refractivity contribution is 5.91. The van der Waals surface area contributed by atoms with Crippen molar-refractivity contribution in [3.63, 3.8) is 0 Å². The standard InChI is InChI=1S/C31H25F3O4/c1-3-4-17-37-24-13-14-25(27(32)18-24)21-9-11-23(12-10-21)31(36)38-28-16-15-26(29(33)30(28)34)22-7-5-20(6-8-22)19(2)35/h3,5-16,18-19,35H,1,4,17H2,2H3. The van der Waals surface area contributed by atoms with Crippen LogP contribution in [0.2, 0.25) is 0 Å². The Morgan fingerprint density at radius 1 is 0.895 bits per heavy atom. The van der Waals surface area contributed by atoms with Crippen molar-refractivity contribution in [2.45, 2.75) is 19.4 Å². The van der Waals surface area contributed by atoms with Crippen LogP contribution in [0.3, 0.4) is 0 Å². The van der Waals surface area contributed by atoms with Gasteiger partial charge in [-0.05, 0) is 66.4 Å². The summed E-state index contributed by atoms with van der Waals surface area (Å²) in [6, 6.07) is 19.3. The molecule has 0 bridgehead atoms. The summed E-state index contributed by atoms with van der Waals surface area (Å²) in [6.07, 6.45) is 1.66. The van der Waals surface area contributed by atoms with Crippen LogP contribution in [0.5, 0.6) is 11.5 Å². The molecule has 38 heavy (non-hydrogen) atoms. The molecule has 0 aliphatic heterocycles. The van der Waals surface area contributed by atoms with E-state index in [0.29, 0.717) is 41.0 Å². The number of halogens is 3. The number of hydrogen-bond acceptors (Lipinski definition) is 4. The minimum absolute atomic E-state index is 0.0112. The topological polar surface area (TPSA) is 55.8 Å². The maximum atomic E-state index is 14.8. The molecule has 0 aliphatic carbocycles. The van der Waals surface area contributed by atoms with Crippen molar-refractivity contribution in [1.29, 1.82) is 0 Å². The molecule has 1 unspecified atom stereocenters. The summed E-state index contributed by atoms with van der Waals surface area (Å²) < 4.78 is 54.7. The Hall–Kier alpha value is -4.36. The summed E-state index contributed by atoms with van der Waals surface area (Å²) in [5.74, 6) is -4.01. The molecule has 194 valence electrons. The summed E-state index contributed by atoms with van der Waals surface area (Å²) >= 11 is 0. The number of aliphatic hydroxyl groups is 1. The zero-order valence-electron chi connectivity index (χ0n) is 20.6. The van der Waals surface area contributed by atoms with Gasteiger partial charge in [-0.25, -0.2) is 13.6 Å². The molecule has 0 spiro atoms. The van der Waals surface area contributed by atoms with Crippen molar-refractivity contribution < 1.29 is 32.5 Å². The summed E-state index contributed by atoms with van der Waals surface area (Å²) in [6.45, 7) is 5.60. The largest absolute Gasteiger partial charge is 0.493 e. The van der Waals surface area contributed by atoms with Gasteiger partial charge in [0.25, 0.3) is 0 Å². The van der Waals surface area contributed by atoms with Gasteiger partial charge < -0.3 is 14.6 Å². The van der Waals surface area contributed by atoms with Gasteiger partial charge in [0, 0.05) is 17.2 Å². The van der Waals surface area contributed by atoms with E-state index >= 15 is 0 Å². The van der Waals surface area contributed by atoms with Gasteiger partial charge in [-0.3, -0.25) is 0 Å². The molecule has 1 N–H and O–H groups in total. The van der Waals surface area contributed by atoms with Crippen LogP contribution in [0, 0.1) is 17.5 Å². The lowest BCUT2D eigenvalue weighted by Crippen LogP contribution is -2.10. The molecule has 0 heterocycles. The molecule has 0 aromatic heterocycles. The first-order valence-electron chi connectivity index (χ1n) is 11.9. The molecule has 7 heteroatoms. The Bertz CT molecular complexity index is 1450. The van der Waals surface area contributed by atoms with Crippen LogP contribution in [0.25, 0.3) is 22.3 Å². The van der Waals surface area contributed by atoms with E-state index in [1.165, 1.54) is 42.5 Å². The fraction of sp³-hybridized carbons (Fsp3) is 0.129. The van der Waals surface area contributed by atoms with Gasteiger partial charge in [0.2, 0.25) is 5.82 Å². The Labute approximate surface area is 218 Å². The first-order valence-corrected chi connectivity index (χ1v) is 11.9. The van der Waals surface area contributed by atoms with Crippen molar-refractivity contribution in [1.82, 2.24) is 0 Å². The predicted octanol–water partition coefficient (Wildman–Crippen LogP) is 7.67. The zero-order chi connectivity index (χ0) is 27.2. The number of carbonyl (C=O) groups excluding carboxylic acids is 1. The Morgan fingerprint density at radius 3 is 2.16 bits per heavy atom. The van der Waals surface area contributed by atoms with Crippen molar-refractivity contribution in [3.05, 3.63) is 120 Å². The second-order valence-corrected chi connectivity index (χ2v) is 8.57. The van der Waals surface area contributed by atoms with E-state index in [1.54, 1.807) is 49.4 Å². The summed E-state index contributed by atoms with van der Waals surface area (Å²) in [5.41, 5.74) is 1.94. The highest BCUT2D eigenvalue weighted by Gasteiger charge is 2.19. The summed E-state index contributed by atoms with van der Waals surface area (Å²) in [5, 5.41) is 9.62. The number of hydrogen-bond donors (Lipinski definition) is 1. The number of esters is 1. The Morgan fingerprint density at radius 2 is 1.53 bits per heavy atom. The van der Waals surface area contributed by atoms with Crippen molar-refractivity contribution in [3.8, 4) is 33.8 Å². The molecule has 4 aromatic carbocycles. The smallest absolute Gasteiger partial charge is 0.343 e. The van der Waals surface area contributed by atoms with E-state index in [9.17, 15) is 23.1 Å². The molecule has 0 radical (unpaired) electrons. The lowest BCUT2D eigenvalue weighted by atomic mass is 10.0. The third-order valence-corrected chi connectivity index (χ3v) is 5.92. The van der Waals surface area contributed by atoms with Gasteiger partial charge in [0.15, 0.2) is 11.6 Å². The molecule has 4 rings (SSSR count). The lowest BCUT2D eigenvalue weighted by molar-refractivity contribution is 0.0726. The second-order valence-electron chi connectivity index (χ2n) is 8.57. The SMILES string of the molecule is C=CCCOc1ccc(-c2ccc(C(=O)Oc3ccc(-c4ccc(C(C)O)cc4)c(F)c3F)cc2)c(F)c1. The molecule has 0 saturated carbocycles. The quantitative estimate of drug-likeness (QED) is 0.107. The monoisotopic (exact) mass is 518 g/mol. The highest BCUT2D eigenvalue weighted by Crippen LogP contribution is 2.31. The van der Waals surface area contributed by atoms with E-state index in [0.717, 1.165) is 0 Å². The van der Waals surface area contributed by atoms with Gasteiger partial charge >= 0.3 is 5.97 Å². The van der Waals surface area contributed by atoms with Gasteiger partial charge in [-0.2, -0.15) is 4.39 Å². The highest BCUT2D eigenvalue weighted by atomic mass is 19.2. The number of benzene rings is 4. The van der Waals surface area contributed by atoms with Crippen LogP contribution < -0.4 is 9.47 Å². The van der Waals surface area contributed by atoms with Gasteiger partial charge in [-0.15, -0.1) is 6.58 Å². The van der Waals surface area contributed by atoms with Gasteiger partial charge in [-0.1, -0.05) is 42.5 Å². The average Bonchev–Trinajstić information content (AvgIpc) is 2.92. The maximum absolute atomic E-state index is 14.8. The van der Waals surface area contributed by atoms with Crippen molar-refractivity contribution >= 4 is 5.97 Å². The fourth-order valence-electron chi connectivity index (χ4n) is 3.80. The molecule has 0 amide bonds. The van der Waals surface area contributed by atoms with E-state index in [1.807, 2.05) is 0 Å². The van der Waals surface area contributed by atoms with Crippen LogP contribution in [-0.2, 0) is 0 Å². The molecule has 0 fully saturated rings. The van der Waals surface area contributed by atoms with Crippen LogP contribution >= 0.6 is 0 Å². The van der Waals surface area contributed by atoms with E-state index in [-0.39, 0.29) is 11.1 Å². The molecule has 0 aliphatic rings. The van der Waals surface area contributed by atoms with Gasteiger partial charge in [0.1, 0.15) is 11.6 Å². The number of carbonyl (C=O) groups is 1. The number of ether oxygens (including phenoxy) is 2. The van der Waals surface area contributed by atoms with Gasteiger partial charge in [0.05, 0.1) is 18.3 Å². The first kappa shape index (κ1) is 26.7. The zero-order valence-corrected chi connectivity index (χ0v) is 20.6. The van der Waals surface area contributed by atoms with Crippen molar-refractivity contribution in [2.75, 3.05) is 6.61 Å². The van der Waals surface area contributed by atoms with Crippen LogP contribution in [-0.4, -0.2) is 17.7 Å². The Kier molecular flexibility index (Phi) is 8.28. The average molecular weight is 519 g/mol. The van der Waals surface area contributed by atoms with Crippen LogP contribution in [0.15, 0.2) is 91.5 Å². The molecular weight excluding hydrogens is 493 g/mol. The maximum Gasteiger partial charge on any atom is 0.343 e. The summed E-state index contributed by atoms with van der Waals surface area (Å²) in [4.78, 5) is 12.6. The third kappa shape index (κ3) is 5.95. The van der Waals surface area contributed by atoms with Crippen molar-refractivity contribution in [2.24, 2.45) is 0 Å². The van der Waals surface area contributed by atoms with E-state index in [2.05, 4.69) is 6.58 Å². The molecule has 4 nitrogen and oxygen atoms in total. The lowest BCUT2D eigenvalue weighted by Gasteiger charge is -2.11. The van der Waals surface area contributed by atoms with Crippen LogP contribution in [0.1, 0.15) is 35.4 Å². The predicted molar refractivity (Wildman–Crippen MR) is 140 cm³/mol. The van der Waals surface area contributed by atoms with Crippen LogP contribution in [0.4, 0.5) is 13.2 Å². The first-order chi connectivity index (χ1) is 18.3. The number of rotatable bonds is 9. The van der Waals surface area contributed by atoms with E-state index in [4.69, 9.17) is 9.47 Å². The third-order valence-electron chi connectivity index (χ3n) is 5.92.